The SMILES string of the molecule is CCCCC(=O)C(C)C(=O)OC(C)(C)C. The third-order valence-corrected chi connectivity index (χ3v) is 2.02. The van der Waals surface area contributed by atoms with E-state index in [4.69, 9.17) is 4.74 Å². The molecule has 0 bridgehead atoms. The van der Waals surface area contributed by atoms with Crippen molar-refractivity contribution < 1.29 is 14.3 Å². The van der Waals surface area contributed by atoms with Gasteiger partial charge in [-0.2, -0.15) is 0 Å². The molecule has 0 N–H and O–H groups in total. The third kappa shape index (κ3) is 6.26. The molecule has 0 saturated heterocycles. The number of unbranched alkanes of at least 4 members (excludes halogenated alkanes) is 1. The summed E-state index contributed by atoms with van der Waals surface area (Å²) in [5, 5.41) is 0. The molecule has 0 aromatic carbocycles. The molecule has 0 fully saturated rings. The Morgan fingerprint density at radius 3 is 2.20 bits per heavy atom. The normalized spacial score (nSPS) is 13.4. The van der Waals surface area contributed by atoms with Crippen LogP contribution in [0.3, 0.4) is 0 Å². The Labute approximate surface area is 92.2 Å². The quantitative estimate of drug-likeness (QED) is 0.522. The van der Waals surface area contributed by atoms with Crippen molar-refractivity contribution >= 4 is 11.8 Å². The summed E-state index contributed by atoms with van der Waals surface area (Å²) >= 11 is 0. The van der Waals surface area contributed by atoms with E-state index in [0.717, 1.165) is 12.8 Å². The van der Waals surface area contributed by atoms with Crippen LogP contribution in [-0.2, 0) is 14.3 Å². The van der Waals surface area contributed by atoms with Crippen molar-refractivity contribution in [3.63, 3.8) is 0 Å². The fourth-order valence-electron chi connectivity index (χ4n) is 1.09. The van der Waals surface area contributed by atoms with Gasteiger partial charge >= 0.3 is 5.97 Å². The molecule has 15 heavy (non-hydrogen) atoms. The van der Waals surface area contributed by atoms with E-state index in [-0.39, 0.29) is 5.78 Å². The minimum Gasteiger partial charge on any atom is -0.459 e. The molecule has 3 nitrogen and oxygen atoms in total. The number of hydrogen-bond acceptors (Lipinski definition) is 3. The highest BCUT2D eigenvalue weighted by atomic mass is 16.6. The van der Waals surface area contributed by atoms with Gasteiger partial charge in [-0.25, -0.2) is 0 Å². The van der Waals surface area contributed by atoms with E-state index in [2.05, 4.69) is 0 Å². The fourth-order valence-corrected chi connectivity index (χ4v) is 1.09. The highest BCUT2D eigenvalue weighted by molar-refractivity contribution is 5.98. The van der Waals surface area contributed by atoms with Crippen LogP contribution >= 0.6 is 0 Å². The topological polar surface area (TPSA) is 43.4 Å². The van der Waals surface area contributed by atoms with Gasteiger partial charge < -0.3 is 4.74 Å². The zero-order chi connectivity index (χ0) is 12.1. The molecule has 0 aliphatic rings. The first kappa shape index (κ1) is 14.1. The minimum atomic E-state index is -0.629. The molecule has 0 heterocycles. The van der Waals surface area contributed by atoms with Gasteiger partial charge in [-0.15, -0.1) is 0 Å². The van der Waals surface area contributed by atoms with Crippen LogP contribution in [0.2, 0.25) is 0 Å². The van der Waals surface area contributed by atoms with Crippen LogP contribution in [0, 0.1) is 5.92 Å². The lowest BCUT2D eigenvalue weighted by Gasteiger charge is -2.21. The Kier molecular flexibility index (Phi) is 5.55. The maximum atomic E-state index is 11.5. The summed E-state index contributed by atoms with van der Waals surface area (Å²) in [5.41, 5.74) is -0.517. The molecule has 0 aliphatic carbocycles. The van der Waals surface area contributed by atoms with Crippen LogP contribution in [0.15, 0.2) is 0 Å². The van der Waals surface area contributed by atoms with E-state index in [1.807, 2.05) is 6.92 Å². The van der Waals surface area contributed by atoms with Crippen molar-refractivity contribution in [2.24, 2.45) is 5.92 Å². The smallest absolute Gasteiger partial charge is 0.316 e. The second-order valence-corrected chi connectivity index (χ2v) is 4.83. The van der Waals surface area contributed by atoms with E-state index >= 15 is 0 Å². The molecule has 0 saturated carbocycles. The molecular weight excluding hydrogens is 192 g/mol. The number of ketones is 1. The molecule has 88 valence electrons. The second-order valence-electron chi connectivity index (χ2n) is 4.83. The van der Waals surface area contributed by atoms with Crippen LogP contribution in [-0.4, -0.2) is 17.4 Å². The molecule has 0 aliphatic heterocycles. The Bertz CT molecular complexity index is 226. The van der Waals surface area contributed by atoms with Gasteiger partial charge in [0.15, 0.2) is 0 Å². The van der Waals surface area contributed by atoms with Gasteiger partial charge in [0.25, 0.3) is 0 Å². The summed E-state index contributed by atoms with van der Waals surface area (Å²) in [6, 6.07) is 0. The molecule has 0 radical (unpaired) electrons. The minimum absolute atomic E-state index is 0.0221. The van der Waals surface area contributed by atoms with Gasteiger partial charge in [0.2, 0.25) is 0 Å². The molecule has 1 unspecified atom stereocenters. The van der Waals surface area contributed by atoms with Gasteiger partial charge in [-0.3, -0.25) is 9.59 Å². The number of rotatable bonds is 5. The van der Waals surface area contributed by atoms with Crippen LogP contribution in [0.4, 0.5) is 0 Å². The highest BCUT2D eigenvalue weighted by Crippen LogP contribution is 2.13. The first-order chi connectivity index (χ1) is 6.78. The standard InChI is InChI=1S/C12H22O3/c1-6-7-8-10(13)9(2)11(14)15-12(3,4)5/h9H,6-8H2,1-5H3. The van der Waals surface area contributed by atoms with E-state index in [0.29, 0.717) is 6.42 Å². The van der Waals surface area contributed by atoms with Gasteiger partial charge in [0, 0.05) is 6.42 Å². The first-order valence-electron chi connectivity index (χ1n) is 5.53. The largest absolute Gasteiger partial charge is 0.459 e. The molecule has 1 atom stereocenters. The third-order valence-electron chi connectivity index (χ3n) is 2.02. The van der Waals surface area contributed by atoms with Crippen LogP contribution < -0.4 is 0 Å². The fraction of sp³-hybridized carbons (Fsp3) is 0.833. The maximum Gasteiger partial charge on any atom is 0.316 e. The van der Waals surface area contributed by atoms with Crippen molar-refractivity contribution in [2.45, 2.75) is 59.5 Å². The van der Waals surface area contributed by atoms with E-state index in [1.54, 1.807) is 27.7 Å². The lowest BCUT2D eigenvalue weighted by molar-refractivity contribution is -0.161. The van der Waals surface area contributed by atoms with Crippen molar-refractivity contribution in [3.05, 3.63) is 0 Å². The predicted molar refractivity (Wildman–Crippen MR) is 59.5 cm³/mol. The van der Waals surface area contributed by atoms with Gasteiger partial charge in [0.05, 0.1) is 0 Å². The highest BCUT2D eigenvalue weighted by Gasteiger charge is 2.26. The van der Waals surface area contributed by atoms with Crippen molar-refractivity contribution in [1.82, 2.24) is 0 Å². The molecule has 3 heteroatoms. The second kappa shape index (κ2) is 5.89. The summed E-state index contributed by atoms with van der Waals surface area (Å²) in [4.78, 5) is 23.0. The van der Waals surface area contributed by atoms with Crippen molar-refractivity contribution in [1.29, 1.82) is 0 Å². The number of hydrogen-bond donors (Lipinski definition) is 0. The number of esters is 1. The van der Waals surface area contributed by atoms with Crippen LogP contribution in [0.5, 0.6) is 0 Å². The predicted octanol–water partition coefficient (Wildman–Crippen LogP) is 2.72. The molecule has 0 spiro atoms. The number of carbonyl (C=O) groups excluding carboxylic acids is 2. The summed E-state index contributed by atoms with van der Waals surface area (Å²) < 4.78 is 5.14. The molecule has 0 rings (SSSR count). The van der Waals surface area contributed by atoms with Crippen molar-refractivity contribution in [2.75, 3.05) is 0 Å². The number of ether oxygens (including phenoxy) is 1. The van der Waals surface area contributed by atoms with E-state index in [9.17, 15) is 9.59 Å². The van der Waals surface area contributed by atoms with Crippen LogP contribution in [0.25, 0.3) is 0 Å². The summed E-state index contributed by atoms with van der Waals surface area (Å²) in [6.45, 7) is 9.04. The lowest BCUT2D eigenvalue weighted by Crippen LogP contribution is -2.31. The Morgan fingerprint density at radius 2 is 1.80 bits per heavy atom. The summed E-state index contributed by atoms with van der Waals surface area (Å²) in [7, 11) is 0. The maximum absolute atomic E-state index is 11.5. The number of Topliss-reactive ketones (excluding diaryl/α,β-unsaturated/α-hetero) is 1. The van der Waals surface area contributed by atoms with Crippen LogP contribution in [0.1, 0.15) is 53.9 Å². The first-order valence-corrected chi connectivity index (χ1v) is 5.53. The van der Waals surface area contributed by atoms with Crippen molar-refractivity contribution in [3.8, 4) is 0 Å². The lowest BCUT2D eigenvalue weighted by atomic mass is 10.0. The molecule has 0 amide bonds. The average molecular weight is 214 g/mol. The number of carbonyl (C=O) groups is 2. The monoisotopic (exact) mass is 214 g/mol. The molecule has 0 aromatic rings. The Morgan fingerprint density at radius 1 is 1.27 bits per heavy atom. The molecular formula is C12H22O3. The van der Waals surface area contributed by atoms with Gasteiger partial charge in [-0.05, 0) is 34.1 Å². The van der Waals surface area contributed by atoms with E-state index < -0.39 is 17.5 Å². The Hall–Kier alpha value is -0.860. The van der Waals surface area contributed by atoms with Gasteiger partial charge in [0.1, 0.15) is 17.3 Å². The zero-order valence-electron chi connectivity index (χ0n) is 10.4. The summed E-state index contributed by atoms with van der Waals surface area (Å²) in [6.07, 6.45) is 2.27. The average Bonchev–Trinajstić information content (AvgIpc) is 2.10. The van der Waals surface area contributed by atoms with Gasteiger partial charge in [-0.1, -0.05) is 13.3 Å². The zero-order valence-corrected chi connectivity index (χ0v) is 10.4. The summed E-state index contributed by atoms with van der Waals surface area (Å²) in [5.74, 6) is -1.06. The Balaban J connectivity index is 4.14. The van der Waals surface area contributed by atoms with E-state index in [1.165, 1.54) is 0 Å². The molecule has 0 aromatic heterocycles.